The molecule has 8 rings (SSSR count). The quantitative estimate of drug-likeness (QED) is 0.237. The number of nitrogens with one attached hydrogen (secondary N) is 1. The van der Waals surface area contributed by atoms with Crippen molar-refractivity contribution in [3.05, 3.63) is 98.3 Å². The van der Waals surface area contributed by atoms with Gasteiger partial charge in [-0.05, 0) is 116 Å². The predicted octanol–water partition coefficient (Wildman–Crippen LogP) is 6.68. The van der Waals surface area contributed by atoms with Crippen LogP contribution in [0, 0.1) is 29.0 Å². The number of halogens is 1. The summed E-state index contributed by atoms with van der Waals surface area (Å²) in [5.41, 5.74) is 5.34. The van der Waals surface area contributed by atoms with Crippen molar-refractivity contribution in [1.82, 2.24) is 20.0 Å². The van der Waals surface area contributed by atoms with Crippen molar-refractivity contribution in [2.45, 2.75) is 96.5 Å². The van der Waals surface area contributed by atoms with Gasteiger partial charge in [-0.1, -0.05) is 49.6 Å². The summed E-state index contributed by atoms with van der Waals surface area (Å²) < 4.78 is 15.0. The van der Waals surface area contributed by atoms with E-state index in [1.165, 1.54) is 17.2 Å². The Morgan fingerprint density at radius 3 is 2.54 bits per heavy atom. The number of carbonyl (C=O) groups is 3. The average molecular weight is 735 g/mol. The summed E-state index contributed by atoms with van der Waals surface area (Å²) in [6.07, 6.45) is 12.8. The van der Waals surface area contributed by atoms with Gasteiger partial charge in [-0.2, -0.15) is 5.10 Å². The lowest BCUT2D eigenvalue weighted by Crippen LogP contribution is -2.50. The van der Waals surface area contributed by atoms with Crippen LogP contribution >= 0.6 is 0 Å². The minimum atomic E-state index is -0.593. The highest BCUT2D eigenvalue weighted by atomic mass is 19.1. The molecule has 4 aliphatic carbocycles. The fourth-order valence-corrected chi connectivity index (χ4v) is 10.7. The highest BCUT2D eigenvalue weighted by Crippen LogP contribution is 2.62. The third-order valence-corrected chi connectivity index (χ3v) is 13.6. The molecule has 2 N–H and O–H groups in total. The van der Waals surface area contributed by atoms with Crippen molar-refractivity contribution in [3.8, 4) is 0 Å². The molecule has 1 saturated heterocycles. The minimum absolute atomic E-state index is 0.00809. The number of aromatic nitrogens is 2. The van der Waals surface area contributed by atoms with Crippen LogP contribution < -0.4 is 5.56 Å². The molecule has 284 valence electrons. The van der Waals surface area contributed by atoms with E-state index >= 15 is 4.39 Å². The third-order valence-electron chi connectivity index (χ3n) is 13.6. The van der Waals surface area contributed by atoms with Crippen LogP contribution in [0.25, 0.3) is 10.8 Å². The predicted molar refractivity (Wildman–Crippen MR) is 204 cm³/mol. The van der Waals surface area contributed by atoms with Crippen LogP contribution in [-0.4, -0.2) is 75.0 Å². The van der Waals surface area contributed by atoms with Crippen molar-refractivity contribution < 1.29 is 23.9 Å². The number of hydrogen-bond acceptors (Lipinski definition) is 6. The van der Waals surface area contributed by atoms with Gasteiger partial charge in [0.15, 0.2) is 5.78 Å². The van der Waals surface area contributed by atoms with E-state index in [2.05, 4.69) is 17.1 Å². The zero-order chi connectivity index (χ0) is 37.6. The van der Waals surface area contributed by atoms with Gasteiger partial charge in [-0.25, -0.2) is 9.49 Å². The maximum Gasteiger partial charge on any atom is 0.272 e. The topological polar surface area (TPSA) is 124 Å². The van der Waals surface area contributed by atoms with Crippen molar-refractivity contribution in [3.63, 3.8) is 0 Å². The lowest BCUT2D eigenvalue weighted by atomic mass is 9.53. The lowest BCUT2D eigenvalue weighted by Gasteiger charge is -2.52. The number of benzene rings is 2. The molecule has 10 heteroatoms. The van der Waals surface area contributed by atoms with Crippen molar-refractivity contribution >= 4 is 28.4 Å². The molecule has 54 heavy (non-hydrogen) atoms. The molecule has 5 aliphatic rings. The molecule has 1 aliphatic heterocycles. The summed E-state index contributed by atoms with van der Waals surface area (Å²) in [5.74, 6) is 0.817. The number of aromatic amines is 1. The van der Waals surface area contributed by atoms with E-state index in [9.17, 15) is 24.3 Å². The molecule has 0 spiro atoms. The largest absolute Gasteiger partial charge is 0.393 e. The molecular formula is C44H51FN4O5. The number of H-pyrrole nitrogens is 1. The molecule has 3 aromatic rings. The summed E-state index contributed by atoms with van der Waals surface area (Å²) in [7, 11) is 0. The third kappa shape index (κ3) is 6.86. The standard InChI is InChI=1S/C44H51FN4O5/c1-44-26-29(41-31-15-13-30(50)25-28(31)12-14-34(41)36(44)16-18-39(44)51)7-3-2-4-10-40(52)48-19-21-49(22-20-48)43(54)35-23-27(11-17-37(35)45)24-38-32-8-5-6-9-33(32)42(53)47-46-38/h5-6,8-9,11,17,23,25,29,34,36,39,51H,2-4,7,10,12-16,18-22,24,26H2,1H3,(H,47,53)/t29-,34?,36-,39-,44-/m0/s1. The second-order valence-corrected chi connectivity index (χ2v) is 16.6. The summed E-state index contributed by atoms with van der Waals surface area (Å²) >= 11 is 0. The molecule has 0 bridgehead atoms. The van der Waals surface area contributed by atoms with Crippen LogP contribution in [-0.2, 0) is 16.0 Å². The second-order valence-electron chi connectivity index (χ2n) is 16.6. The Labute approximate surface area is 315 Å². The van der Waals surface area contributed by atoms with Gasteiger partial charge >= 0.3 is 0 Å². The second kappa shape index (κ2) is 15.0. The zero-order valence-electron chi connectivity index (χ0n) is 31.2. The SMILES string of the molecule is C[C@]12C[C@H](CCCCCC(=O)N3CCN(C(=O)c4cc(Cc5n[nH]c(=O)c6ccccc56)ccc4F)CC3)C3=C4CCC(=O)C=C4CCC3[C@@H]1CC[C@@H]2O. The van der Waals surface area contributed by atoms with E-state index in [0.29, 0.717) is 85.2 Å². The van der Waals surface area contributed by atoms with Gasteiger partial charge in [0.1, 0.15) is 5.82 Å². The Morgan fingerprint density at radius 1 is 0.944 bits per heavy atom. The van der Waals surface area contributed by atoms with Gasteiger partial charge in [0.05, 0.1) is 22.7 Å². The Bertz CT molecular complexity index is 2100. The fourth-order valence-electron chi connectivity index (χ4n) is 10.7. The summed E-state index contributed by atoms with van der Waals surface area (Å²) in [5, 5.41) is 19.1. The van der Waals surface area contributed by atoms with Gasteiger partial charge in [-0.3, -0.25) is 19.2 Å². The van der Waals surface area contributed by atoms with E-state index in [-0.39, 0.29) is 34.3 Å². The molecule has 1 unspecified atom stereocenters. The number of allylic oxidation sites excluding steroid dienone is 4. The van der Waals surface area contributed by atoms with E-state index < -0.39 is 11.7 Å². The van der Waals surface area contributed by atoms with Gasteiger partial charge in [0.25, 0.3) is 11.5 Å². The Hall–Kier alpha value is -4.44. The van der Waals surface area contributed by atoms with Crippen LogP contribution in [0.1, 0.15) is 106 Å². The van der Waals surface area contributed by atoms with E-state index in [1.807, 2.05) is 23.1 Å². The van der Waals surface area contributed by atoms with Crippen LogP contribution in [0.3, 0.4) is 0 Å². The van der Waals surface area contributed by atoms with Crippen LogP contribution in [0.2, 0.25) is 0 Å². The zero-order valence-corrected chi connectivity index (χ0v) is 31.2. The van der Waals surface area contributed by atoms with Crippen molar-refractivity contribution in [2.24, 2.45) is 23.2 Å². The number of unbranched alkanes of at least 4 members (excludes halogenated alkanes) is 2. The highest BCUT2D eigenvalue weighted by molar-refractivity contribution is 5.95. The fraction of sp³-hybridized carbons (Fsp3) is 0.523. The minimum Gasteiger partial charge on any atom is -0.393 e. The summed E-state index contributed by atoms with van der Waals surface area (Å²) in [6.45, 7) is 3.83. The van der Waals surface area contributed by atoms with Gasteiger partial charge in [0, 0.05) is 50.8 Å². The number of piperazine rings is 1. The molecule has 2 heterocycles. The maximum atomic E-state index is 15.0. The first-order valence-corrected chi connectivity index (χ1v) is 20.1. The van der Waals surface area contributed by atoms with Crippen LogP contribution in [0.4, 0.5) is 4.39 Å². The maximum absolute atomic E-state index is 15.0. The Morgan fingerprint density at radius 2 is 1.72 bits per heavy atom. The average Bonchev–Trinajstić information content (AvgIpc) is 3.48. The van der Waals surface area contributed by atoms with Crippen LogP contribution in [0.5, 0.6) is 0 Å². The normalized spacial score (nSPS) is 26.7. The Kier molecular flexibility index (Phi) is 10.2. The number of fused-ring (bicyclic) bond motifs is 5. The van der Waals surface area contributed by atoms with Gasteiger partial charge in [0.2, 0.25) is 5.91 Å². The highest BCUT2D eigenvalue weighted by Gasteiger charge is 2.55. The molecule has 2 aromatic carbocycles. The number of carbonyl (C=O) groups excluding carboxylic acids is 3. The number of aliphatic hydroxyl groups is 1. The van der Waals surface area contributed by atoms with Crippen LogP contribution in [0.15, 0.2) is 70.1 Å². The Balaban J connectivity index is 0.835. The number of aliphatic hydroxyl groups excluding tert-OH is 1. The molecular weight excluding hydrogens is 684 g/mol. The van der Waals surface area contributed by atoms with E-state index in [0.717, 1.165) is 64.2 Å². The number of ketones is 1. The first kappa shape index (κ1) is 36.5. The molecule has 9 nitrogen and oxygen atoms in total. The number of rotatable bonds is 9. The monoisotopic (exact) mass is 734 g/mol. The number of hydrogen-bond donors (Lipinski definition) is 2. The molecule has 0 radical (unpaired) electrons. The molecule has 1 aromatic heterocycles. The smallest absolute Gasteiger partial charge is 0.272 e. The van der Waals surface area contributed by atoms with Crippen molar-refractivity contribution in [2.75, 3.05) is 26.2 Å². The first-order valence-electron chi connectivity index (χ1n) is 20.1. The first-order chi connectivity index (χ1) is 26.1. The van der Waals surface area contributed by atoms with Gasteiger partial charge < -0.3 is 14.9 Å². The molecule has 2 amide bonds. The number of nitrogens with zero attached hydrogens (tertiary/aromatic N) is 3. The van der Waals surface area contributed by atoms with Gasteiger partial charge in [-0.15, -0.1) is 0 Å². The number of amides is 2. The lowest BCUT2D eigenvalue weighted by molar-refractivity contribution is -0.132. The molecule has 5 atom stereocenters. The summed E-state index contributed by atoms with van der Waals surface area (Å²) in [4.78, 5) is 54.7. The molecule has 2 saturated carbocycles. The van der Waals surface area contributed by atoms with Crippen molar-refractivity contribution in [1.29, 1.82) is 0 Å². The van der Waals surface area contributed by atoms with E-state index in [1.54, 1.807) is 34.7 Å². The summed E-state index contributed by atoms with van der Waals surface area (Å²) in [6, 6.07) is 11.7. The van der Waals surface area contributed by atoms with E-state index in [4.69, 9.17) is 0 Å². The molecule has 3 fully saturated rings.